The first-order valence-corrected chi connectivity index (χ1v) is 11.6. The Bertz CT molecular complexity index is 975. The highest BCUT2D eigenvalue weighted by molar-refractivity contribution is 7.92. The number of halogens is 1. The molecule has 0 bridgehead atoms. The molecule has 1 fully saturated rings. The average molecular weight is 437 g/mol. The van der Waals surface area contributed by atoms with Gasteiger partial charge in [-0.05, 0) is 31.5 Å². The molecular formula is C22H29FN2O4S. The summed E-state index contributed by atoms with van der Waals surface area (Å²) < 4.78 is 53.2. The number of anilines is 1. The smallest absolute Gasteiger partial charge is 0.264 e. The molecule has 30 heavy (non-hydrogen) atoms. The Morgan fingerprint density at radius 3 is 2.37 bits per heavy atom. The Hall–Kier alpha value is -2.32. The number of nitrogens with zero attached hydrogens (tertiary/aromatic N) is 1. The van der Waals surface area contributed by atoms with Crippen molar-refractivity contribution in [2.75, 3.05) is 26.0 Å². The normalized spacial score (nSPS) is 15.2. The van der Waals surface area contributed by atoms with E-state index in [1.807, 2.05) is 12.1 Å². The molecule has 2 aromatic rings. The van der Waals surface area contributed by atoms with Gasteiger partial charge in [0.2, 0.25) is 0 Å². The van der Waals surface area contributed by atoms with Crippen molar-refractivity contribution in [2.45, 2.75) is 49.6 Å². The van der Waals surface area contributed by atoms with Crippen molar-refractivity contribution in [2.24, 2.45) is 0 Å². The van der Waals surface area contributed by atoms with E-state index in [9.17, 15) is 12.8 Å². The Kier molecular flexibility index (Phi) is 7.20. The fraction of sp³-hybridized carbons (Fsp3) is 0.455. The maximum Gasteiger partial charge on any atom is 0.264 e. The van der Waals surface area contributed by atoms with Crippen LogP contribution in [0.5, 0.6) is 11.5 Å². The number of nitrogens with one attached hydrogen (secondary N) is 1. The van der Waals surface area contributed by atoms with Crippen molar-refractivity contribution >= 4 is 15.7 Å². The van der Waals surface area contributed by atoms with E-state index in [-0.39, 0.29) is 11.5 Å². The van der Waals surface area contributed by atoms with Crippen molar-refractivity contribution in [3.05, 3.63) is 47.8 Å². The lowest BCUT2D eigenvalue weighted by atomic mass is 9.94. The first kappa shape index (κ1) is 22.4. The van der Waals surface area contributed by atoms with Gasteiger partial charge in [-0.1, -0.05) is 37.5 Å². The molecule has 0 heterocycles. The van der Waals surface area contributed by atoms with E-state index >= 15 is 0 Å². The molecule has 0 spiro atoms. The first-order chi connectivity index (χ1) is 14.4. The van der Waals surface area contributed by atoms with Crippen LogP contribution in [0, 0.1) is 5.82 Å². The summed E-state index contributed by atoms with van der Waals surface area (Å²) >= 11 is 0. The van der Waals surface area contributed by atoms with Crippen LogP contribution in [0.1, 0.15) is 37.7 Å². The number of benzene rings is 2. The van der Waals surface area contributed by atoms with E-state index in [0.717, 1.165) is 30.5 Å². The van der Waals surface area contributed by atoms with E-state index in [0.29, 0.717) is 18.3 Å². The van der Waals surface area contributed by atoms with Gasteiger partial charge in [0.25, 0.3) is 10.0 Å². The largest absolute Gasteiger partial charge is 0.493 e. The molecular weight excluding hydrogens is 407 g/mol. The van der Waals surface area contributed by atoms with Gasteiger partial charge in [0.15, 0.2) is 11.5 Å². The van der Waals surface area contributed by atoms with Crippen LogP contribution in [0.3, 0.4) is 0 Å². The van der Waals surface area contributed by atoms with Gasteiger partial charge in [0.1, 0.15) is 10.7 Å². The lowest BCUT2D eigenvalue weighted by Gasteiger charge is -2.31. The van der Waals surface area contributed by atoms with Crippen molar-refractivity contribution in [3.63, 3.8) is 0 Å². The van der Waals surface area contributed by atoms with Crippen LogP contribution >= 0.6 is 0 Å². The number of hydrogen-bond acceptors (Lipinski definition) is 5. The second kappa shape index (κ2) is 9.66. The fourth-order valence-electron chi connectivity index (χ4n) is 3.92. The van der Waals surface area contributed by atoms with Gasteiger partial charge in [-0.2, -0.15) is 0 Å². The summed E-state index contributed by atoms with van der Waals surface area (Å²) in [6.45, 7) is 0.609. The van der Waals surface area contributed by atoms with Crippen LogP contribution in [0.2, 0.25) is 0 Å². The quantitative estimate of drug-likeness (QED) is 0.664. The van der Waals surface area contributed by atoms with Gasteiger partial charge < -0.3 is 9.47 Å². The molecule has 0 radical (unpaired) electrons. The van der Waals surface area contributed by atoms with E-state index in [2.05, 4.69) is 16.7 Å². The molecule has 164 valence electrons. The molecule has 1 saturated carbocycles. The lowest BCUT2D eigenvalue weighted by molar-refractivity contribution is 0.185. The van der Waals surface area contributed by atoms with Crippen molar-refractivity contribution < 1.29 is 22.3 Å². The first-order valence-electron chi connectivity index (χ1n) is 10.1. The van der Waals surface area contributed by atoms with Crippen LogP contribution in [0.15, 0.2) is 41.3 Å². The van der Waals surface area contributed by atoms with E-state index in [4.69, 9.17) is 9.47 Å². The summed E-state index contributed by atoms with van der Waals surface area (Å²) in [5.41, 5.74) is 1.28. The highest BCUT2D eigenvalue weighted by Crippen LogP contribution is 2.33. The third-order valence-corrected chi connectivity index (χ3v) is 6.99. The average Bonchev–Trinajstić information content (AvgIpc) is 2.75. The van der Waals surface area contributed by atoms with Gasteiger partial charge in [0, 0.05) is 24.7 Å². The van der Waals surface area contributed by atoms with Crippen LogP contribution in [0.4, 0.5) is 10.1 Å². The summed E-state index contributed by atoms with van der Waals surface area (Å²) in [6, 6.07) is 9.85. The maximum absolute atomic E-state index is 14.5. The fourth-order valence-corrected chi connectivity index (χ4v) is 5.09. The zero-order valence-corrected chi connectivity index (χ0v) is 18.5. The summed E-state index contributed by atoms with van der Waals surface area (Å²) in [5.74, 6) is -0.634. The predicted octanol–water partition coefficient (Wildman–Crippen LogP) is 4.41. The monoisotopic (exact) mass is 436 g/mol. The number of rotatable bonds is 8. The SMILES string of the molecule is COc1cc(F)c(S(=O)(=O)Nc2ccccc2CN(C)C2CCCCC2)cc1OC. The molecule has 0 saturated heterocycles. The van der Waals surface area contributed by atoms with Crippen LogP contribution in [-0.2, 0) is 16.6 Å². The molecule has 0 unspecified atom stereocenters. The molecule has 1 aliphatic carbocycles. The minimum Gasteiger partial charge on any atom is -0.493 e. The van der Waals surface area contributed by atoms with E-state index < -0.39 is 20.7 Å². The van der Waals surface area contributed by atoms with E-state index in [1.165, 1.54) is 33.5 Å². The third-order valence-electron chi connectivity index (χ3n) is 5.61. The van der Waals surface area contributed by atoms with Crippen molar-refractivity contribution in [1.29, 1.82) is 0 Å². The minimum absolute atomic E-state index is 0.128. The standard InChI is InChI=1S/C22H29FN2O4S/c1-25(17-10-5-4-6-11-17)15-16-9-7-8-12-19(16)24-30(26,27)22-14-21(29-3)20(28-2)13-18(22)23/h7-9,12-14,17,24H,4-6,10-11,15H2,1-3H3. The van der Waals surface area contributed by atoms with Crippen LogP contribution in [0.25, 0.3) is 0 Å². The van der Waals surface area contributed by atoms with Gasteiger partial charge >= 0.3 is 0 Å². The summed E-state index contributed by atoms with van der Waals surface area (Å²) in [6.07, 6.45) is 6.03. The molecule has 8 heteroatoms. The second-order valence-corrected chi connectivity index (χ2v) is 9.26. The maximum atomic E-state index is 14.5. The molecule has 0 atom stereocenters. The Labute approximate surface area is 178 Å². The van der Waals surface area contributed by atoms with Crippen molar-refractivity contribution in [1.82, 2.24) is 4.90 Å². The van der Waals surface area contributed by atoms with E-state index in [1.54, 1.807) is 12.1 Å². The molecule has 0 aliphatic heterocycles. The molecule has 6 nitrogen and oxygen atoms in total. The topological polar surface area (TPSA) is 67.9 Å². The van der Waals surface area contributed by atoms with Gasteiger partial charge in [0.05, 0.1) is 19.9 Å². The summed E-state index contributed by atoms with van der Waals surface area (Å²) in [7, 11) is 0.636. The Balaban J connectivity index is 1.85. The number of ether oxygens (including phenoxy) is 2. The zero-order valence-electron chi connectivity index (χ0n) is 17.7. The second-order valence-electron chi connectivity index (χ2n) is 7.61. The molecule has 2 aromatic carbocycles. The molecule has 1 N–H and O–H groups in total. The minimum atomic E-state index is -4.16. The number of para-hydroxylation sites is 1. The summed E-state index contributed by atoms with van der Waals surface area (Å²) in [4.78, 5) is 1.78. The van der Waals surface area contributed by atoms with Gasteiger partial charge in [-0.3, -0.25) is 9.62 Å². The molecule has 3 rings (SSSR count). The summed E-state index contributed by atoms with van der Waals surface area (Å²) in [5, 5.41) is 0. The van der Waals surface area contributed by atoms with Crippen LogP contribution < -0.4 is 14.2 Å². The Morgan fingerprint density at radius 1 is 1.07 bits per heavy atom. The highest BCUT2D eigenvalue weighted by Gasteiger charge is 2.24. The number of sulfonamides is 1. The number of methoxy groups -OCH3 is 2. The highest BCUT2D eigenvalue weighted by atomic mass is 32.2. The molecule has 0 amide bonds. The molecule has 1 aliphatic rings. The molecule has 0 aromatic heterocycles. The number of hydrogen-bond donors (Lipinski definition) is 1. The van der Waals surface area contributed by atoms with Gasteiger partial charge in [-0.15, -0.1) is 0 Å². The predicted molar refractivity (Wildman–Crippen MR) is 115 cm³/mol. The zero-order chi connectivity index (χ0) is 21.7. The van der Waals surface area contributed by atoms with Crippen molar-refractivity contribution in [3.8, 4) is 11.5 Å². The third kappa shape index (κ3) is 5.05. The van der Waals surface area contributed by atoms with Gasteiger partial charge in [-0.25, -0.2) is 12.8 Å². The lowest BCUT2D eigenvalue weighted by Crippen LogP contribution is -2.33. The Morgan fingerprint density at radius 2 is 1.70 bits per heavy atom. The van der Waals surface area contributed by atoms with Crippen LogP contribution in [-0.4, -0.2) is 40.6 Å².